The number of anilines is 1. The number of aromatic nitrogens is 2. The predicted molar refractivity (Wildman–Crippen MR) is 103 cm³/mol. The maximum atomic E-state index is 12.9. The molecule has 3 saturated heterocycles. The van der Waals surface area contributed by atoms with Crippen LogP contribution in [0.15, 0.2) is 4.52 Å². The molecule has 4 heterocycles. The smallest absolute Gasteiger partial charge is 0.266 e. The van der Waals surface area contributed by atoms with Crippen LogP contribution in [0.3, 0.4) is 0 Å². The van der Waals surface area contributed by atoms with Crippen molar-refractivity contribution in [3.05, 3.63) is 5.89 Å². The van der Waals surface area contributed by atoms with E-state index in [9.17, 15) is 4.79 Å². The van der Waals surface area contributed by atoms with E-state index in [1.807, 2.05) is 4.90 Å². The summed E-state index contributed by atoms with van der Waals surface area (Å²) in [5.41, 5.74) is 0. The zero-order valence-electron chi connectivity index (χ0n) is 16.6. The lowest BCUT2D eigenvalue weighted by atomic mass is 9.92. The van der Waals surface area contributed by atoms with E-state index >= 15 is 0 Å². The molecule has 0 aromatic carbocycles. The van der Waals surface area contributed by atoms with Crippen LogP contribution in [0.4, 0.5) is 5.95 Å². The molecule has 1 amide bonds. The summed E-state index contributed by atoms with van der Waals surface area (Å²) in [7, 11) is 0. The highest BCUT2D eigenvalue weighted by molar-refractivity contribution is 5.79. The first-order chi connectivity index (χ1) is 13.8. The molecule has 28 heavy (non-hydrogen) atoms. The van der Waals surface area contributed by atoms with Crippen LogP contribution in [0, 0.1) is 5.92 Å². The number of carbonyl (C=O) groups is 1. The number of piperidine rings is 2. The van der Waals surface area contributed by atoms with Crippen molar-refractivity contribution < 1.29 is 14.1 Å². The molecule has 5 rings (SSSR count). The zero-order chi connectivity index (χ0) is 18.9. The Bertz CT molecular complexity index is 677. The van der Waals surface area contributed by atoms with Crippen molar-refractivity contribution in [2.45, 2.75) is 50.5 Å². The Hall–Kier alpha value is -1.67. The minimum atomic E-state index is 0.156. The molecule has 0 spiro atoms. The maximum Gasteiger partial charge on any atom is 0.266 e. The molecule has 8 nitrogen and oxygen atoms in total. The average Bonchev–Trinajstić information content (AvgIpc) is 3.51. The number of ether oxygens (including phenoxy) is 1. The average molecular weight is 390 g/mol. The first-order valence-electron chi connectivity index (χ1n) is 11.0. The molecule has 1 aromatic rings. The van der Waals surface area contributed by atoms with Gasteiger partial charge in [0.05, 0.1) is 19.1 Å². The SMILES string of the molecule is O=C([C@H]1CCCN(C2CCN(c3noc(C4CC4)n3)CC2)C1)N1CCOCC1. The standard InChI is InChI=1S/C20H31N5O3/c26-19(23-10-12-27-13-11-23)16-2-1-7-25(14-16)17-5-8-24(9-6-17)20-21-18(28-22-20)15-3-4-15/h15-17H,1-14H2/t16-/m0/s1. The molecule has 4 aliphatic rings. The van der Waals surface area contributed by atoms with Crippen molar-refractivity contribution in [2.75, 3.05) is 57.4 Å². The number of morpholine rings is 1. The molecule has 0 radical (unpaired) electrons. The molecular weight excluding hydrogens is 358 g/mol. The second kappa shape index (κ2) is 7.99. The van der Waals surface area contributed by atoms with Gasteiger partial charge in [-0.25, -0.2) is 0 Å². The number of nitrogens with zero attached hydrogens (tertiary/aromatic N) is 5. The lowest BCUT2D eigenvalue weighted by Crippen LogP contribution is -2.52. The summed E-state index contributed by atoms with van der Waals surface area (Å²) in [5.74, 6) is 2.58. The van der Waals surface area contributed by atoms with E-state index in [1.54, 1.807) is 0 Å². The number of likely N-dealkylation sites (tertiary alicyclic amines) is 1. The van der Waals surface area contributed by atoms with Gasteiger partial charge in [-0.05, 0) is 50.2 Å². The molecular formula is C20H31N5O3. The first kappa shape index (κ1) is 18.4. The Labute approximate surface area is 166 Å². The first-order valence-corrected chi connectivity index (χ1v) is 11.0. The van der Waals surface area contributed by atoms with Gasteiger partial charge in [0.1, 0.15) is 0 Å². The summed E-state index contributed by atoms with van der Waals surface area (Å²) in [6.45, 7) is 6.82. The van der Waals surface area contributed by atoms with Crippen LogP contribution in [-0.4, -0.2) is 84.4 Å². The summed E-state index contributed by atoms with van der Waals surface area (Å²) in [6.07, 6.45) is 6.72. The quantitative estimate of drug-likeness (QED) is 0.772. The third-order valence-corrected chi connectivity index (χ3v) is 6.75. The molecule has 8 heteroatoms. The van der Waals surface area contributed by atoms with Gasteiger partial charge in [0, 0.05) is 44.7 Å². The summed E-state index contributed by atoms with van der Waals surface area (Å²) < 4.78 is 10.8. The van der Waals surface area contributed by atoms with Gasteiger partial charge < -0.3 is 19.1 Å². The fourth-order valence-corrected chi connectivity index (χ4v) is 4.86. The lowest BCUT2D eigenvalue weighted by molar-refractivity contribution is -0.141. The van der Waals surface area contributed by atoms with Gasteiger partial charge in [0.25, 0.3) is 5.95 Å². The molecule has 154 valence electrons. The van der Waals surface area contributed by atoms with Crippen LogP contribution in [0.2, 0.25) is 0 Å². The van der Waals surface area contributed by atoms with E-state index in [0.717, 1.165) is 76.8 Å². The molecule has 4 fully saturated rings. The topological polar surface area (TPSA) is 74.9 Å². The Kier molecular flexibility index (Phi) is 5.24. The Morgan fingerprint density at radius 2 is 1.75 bits per heavy atom. The van der Waals surface area contributed by atoms with Crippen LogP contribution in [0.25, 0.3) is 0 Å². The molecule has 1 atom stereocenters. The molecule has 1 aromatic heterocycles. The van der Waals surface area contributed by atoms with Crippen molar-refractivity contribution in [3.63, 3.8) is 0 Å². The summed E-state index contributed by atoms with van der Waals surface area (Å²) >= 11 is 0. The molecule has 0 unspecified atom stereocenters. The van der Waals surface area contributed by atoms with E-state index < -0.39 is 0 Å². The van der Waals surface area contributed by atoms with Gasteiger partial charge in [-0.1, -0.05) is 0 Å². The highest BCUT2D eigenvalue weighted by atomic mass is 16.5. The largest absolute Gasteiger partial charge is 0.378 e. The lowest BCUT2D eigenvalue weighted by Gasteiger charge is -2.42. The summed E-state index contributed by atoms with van der Waals surface area (Å²) in [6, 6.07) is 0.561. The molecule has 1 saturated carbocycles. The Morgan fingerprint density at radius 3 is 2.50 bits per heavy atom. The fourth-order valence-electron chi connectivity index (χ4n) is 4.86. The third kappa shape index (κ3) is 3.89. The number of hydrogen-bond donors (Lipinski definition) is 0. The van der Waals surface area contributed by atoms with E-state index in [1.165, 1.54) is 12.8 Å². The Balaban J connectivity index is 1.14. The van der Waals surface area contributed by atoms with E-state index in [4.69, 9.17) is 9.26 Å². The van der Waals surface area contributed by atoms with E-state index in [0.29, 0.717) is 31.1 Å². The third-order valence-electron chi connectivity index (χ3n) is 6.75. The minimum Gasteiger partial charge on any atom is -0.378 e. The van der Waals surface area contributed by atoms with Crippen molar-refractivity contribution in [1.82, 2.24) is 19.9 Å². The molecule has 1 aliphatic carbocycles. The molecule has 0 bridgehead atoms. The second-order valence-corrected chi connectivity index (χ2v) is 8.70. The van der Waals surface area contributed by atoms with Crippen LogP contribution in [0.1, 0.15) is 50.3 Å². The van der Waals surface area contributed by atoms with Crippen molar-refractivity contribution in [1.29, 1.82) is 0 Å². The summed E-state index contributed by atoms with van der Waals surface area (Å²) in [5, 5.41) is 4.19. The van der Waals surface area contributed by atoms with Crippen LogP contribution in [0.5, 0.6) is 0 Å². The van der Waals surface area contributed by atoms with Gasteiger partial charge in [0.2, 0.25) is 11.8 Å². The van der Waals surface area contributed by atoms with Gasteiger partial charge >= 0.3 is 0 Å². The highest BCUT2D eigenvalue weighted by Crippen LogP contribution is 2.39. The van der Waals surface area contributed by atoms with E-state index in [-0.39, 0.29) is 5.92 Å². The number of carbonyl (C=O) groups excluding carboxylic acids is 1. The fraction of sp³-hybridized carbons (Fsp3) is 0.850. The van der Waals surface area contributed by atoms with Crippen molar-refractivity contribution >= 4 is 11.9 Å². The van der Waals surface area contributed by atoms with Crippen LogP contribution < -0.4 is 4.90 Å². The van der Waals surface area contributed by atoms with Gasteiger partial charge in [-0.3, -0.25) is 9.69 Å². The predicted octanol–water partition coefficient (Wildman–Crippen LogP) is 1.49. The molecule has 0 N–H and O–H groups in total. The van der Waals surface area contributed by atoms with Crippen LogP contribution >= 0.6 is 0 Å². The van der Waals surface area contributed by atoms with Crippen LogP contribution in [-0.2, 0) is 9.53 Å². The zero-order valence-corrected chi connectivity index (χ0v) is 16.6. The summed E-state index contributed by atoms with van der Waals surface area (Å²) in [4.78, 5) is 24.3. The number of amides is 1. The normalized spacial score (nSPS) is 27.9. The number of hydrogen-bond acceptors (Lipinski definition) is 7. The number of rotatable bonds is 4. The maximum absolute atomic E-state index is 12.9. The minimum absolute atomic E-state index is 0.156. The monoisotopic (exact) mass is 389 g/mol. The van der Waals surface area contributed by atoms with Gasteiger partial charge in [-0.15, -0.1) is 0 Å². The highest BCUT2D eigenvalue weighted by Gasteiger charge is 2.35. The van der Waals surface area contributed by atoms with E-state index in [2.05, 4.69) is 19.9 Å². The van der Waals surface area contributed by atoms with Crippen molar-refractivity contribution in [3.8, 4) is 0 Å². The van der Waals surface area contributed by atoms with Gasteiger partial charge in [0.15, 0.2) is 0 Å². The van der Waals surface area contributed by atoms with Gasteiger partial charge in [-0.2, -0.15) is 4.98 Å². The second-order valence-electron chi connectivity index (χ2n) is 8.70. The van der Waals surface area contributed by atoms with Crippen molar-refractivity contribution in [2.24, 2.45) is 5.92 Å². The molecule has 3 aliphatic heterocycles. The Morgan fingerprint density at radius 1 is 0.964 bits per heavy atom.